The largest absolute Gasteiger partial charge is 0.328 e. The van der Waals surface area contributed by atoms with Crippen LogP contribution in [-0.4, -0.2) is 23.5 Å². The third-order valence-electron chi connectivity index (χ3n) is 4.92. The molecule has 2 aromatic carbocycles. The van der Waals surface area contributed by atoms with Crippen molar-refractivity contribution in [2.75, 3.05) is 6.54 Å². The zero-order valence-corrected chi connectivity index (χ0v) is 13.0. The maximum Gasteiger partial charge on any atom is 0.0242 e. The summed E-state index contributed by atoms with van der Waals surface area (Å²) in [6, 6.07) is 16.5. The highest BCUT2D eigenvalue weighted by molar-refractivity contribution is 5.85. The van der Waals surface area contributed by atoms with Crippen molar-refractivity contribution >= 4 is 10.8 Å². The molecule has 0 bridgehead atoms. The number of nitrogens with zero attached hydrogens (tertiary/aromatic N) is 1. The summed E-state index contributed by atoms with van der Waals surface area (Å²) < 4.78 is 0. The van der Waals surface area contributed by atoms with Gasteiger partial charge in [-0.15, -0.1) is 0 Å². The highest BCUT2D eigenvalue weighted by atomic mass is 15.1. The van der Waals surface area contributed by atoms with Gasteiger partial charge in [-0.3, -0.25) is 4.90 Å². The molecule has 3 rings (SSSR count). The number of benzene rings is 2. The van der Waals surface area contributed by atoms with Gasteiger partial charge in [0.15, 0.2) is 0 Å². The number of nitrogens with two attached hydrogens (primary N) is 1. The summed E-state index contributed by atoms with van der Waals surface area (Å²) in [5, 5.41) is 2.74. The van der Waals surface area contributed by atoms with Crippen molar-refractivity contribution in [1.82, 2.24) is 4.90 Å². The molecular weight excluding hydrogens is 256 g/mol. The third kappa shape index (κ3) is 3.28. The smallest absolute Gasteiger partial charge is 0.0242 e. The Hall–Kier alpha value is -1.38. The molecule has 2 aromatic rings. The molecule has 1 aliphatic rings. The summed E-state index contributed by atoms with van der Waals surface area (Å²) in [5.74, 6) is 0. The Bertz CT molecular complexity index is 580. The van der Waals surface area contributed by atoms with Crippen molar-refractivity contribution in [3.05, 3.63) is 48.0 Å². The first-order chi connectivity index (χ1) is 10.3. The van der Waals surface area contributed by atoms with Gasteiger partial charge in [0, 0.05) is 18.6 Å². The maximum absolute atomic E-state index is 6.05. The van der Waals surface area contributed by atoms with Gasteiger partial charge in [-0.1, -0.05) is 49.4 Å². The van der Waals surface area contributed by atoms with Crippen LogP contribution in [0.5, 0.6) is 0 Å². The van der Waals surface area contributed by atoms with Crippen LogP contribution in [0.3, 0.4) is 0 Å². The van der Waals surface area contributed by atoms with Gasteiger partial charge in [0.2, 0.25) is 0 Å². The summed E-state index contributed by atoms with van der Waals surface area (Å²) in [6.45, 7) is 4.44. The first kappa shape index (κ1) is 14.6. The van der Waals surface area contributed by atoms with E-state index in [1.807, 2.05) is 0 Å². The van der Waals surface area contributed by atoms with Crippen LogP contribution in [0.4, 0.5) is 0 Å². The highest BCUT2D eigenvalue weighted by Gasteiger charge is 2.23. The van der Waals surface area contributed by atoms with Crippen LogP contribution >= 0.6 is 0 Å². The van der Waals surface area contributed by atoms with Gasteiger partial charge in [-0.2, -0.15) is 0 Å². The lowest BCUT2D eigenvalue weighted by Gasteiger charge is -2.35. The topological polar surface area (TPSA) is 29.3 Å². The lowest BCUT2D eigenvalue weighted by Crippen LogP contribution is -2.40. The molecule has 0 unspecified atom stereocenters. The van der Waals surface area contributed by atoms with Crippen molar-refractivity contribution < 1.29 is 0 Å². The fourth-order valence-electron chi connectivity index (χ4n) is 3.62. The Labute approximate surface area is 127 Å². The van der Waals surface area contributed by atoms with Crippen LogP contribution < -0.4 is 5.73 Å². The van der Waals surface area contributed by atoms with Crippen molar-refractivity contribution in [3.63, 3.8) is 0 Å². The molecule has 1 aliphatic carbocycles. The zero-order valence-electron chi connectivity index (χ0n) is 13.0. The van der Waals surface area contributed by atoms with E-state index in [1.54, 1.807) is 0 Å². The van der Waals surface area contributed by atoms with Crippen molar-refractivity contribution in [2.45, 2.75) is 51.2 Å². The average Bonchev–Trinajstić information content (AvgIpc) is 2.54. The van der Waals surface area contributed by atoms with Gasteiger partial charge in [-0.25, -0.2) is 0 Å². The molecule has 2 N–H and O–H groups in total. The molecule has 2 heteroatoms. The molecule has 0 aromatic heterocycles. The van der Waals surface area contributed by atoms with Gasteiger partial charge in [0.05, 0.1) is 0 Å². The minimum Gasteiger partial charge on any atom is -0.328 e. The first-order valence-electron chi connectivity index (χ1n) is 8.24. The fraction of sp³-hybridized carbons (Fsp3) is 0.474. The Kier molecular flexibility index (Phi) is 4.57. The molecule has 0 radical (unpaired) electrons. The predicted molar refractivity (Wildman–Crippen MR) is 90.3 cm³/mol. The van der Waals surface area contributed by atoms with E-state index in [0.717, 1.165) is 13.1 Å². The van der Waals surface area contributed by atoms with Gasteiger partial charge in [-0.05, 0) is 48.6 Å². The van der Waals surface area contributed by atoms with Crippen LogP contribution in [0.25, 0.3) is 10.8 Å². The van der Waals surface area contributed by atoms with Gasteiger partial charge in [0.25, 0.3) is 0 Å². The van der Waals surface area contributed by atoms with E-state index in [9.17, 15) is 0 Å². The van der Waals surface area contributed by atoms with Crippen LogP contribution in [0, 0.1) is 0 Å². The molecule has 2 nitrogen and oxygen atoms in total. The zero-order chi connectivity index (χ0) is 14.7. The van der Waals surface area contributed by atoms with Gasteiger partial charge < -0.3 is 5.73 Å². The molecule has 0 spiro atoms. The monoisotopic (exact) mass is 282 g/mol. The molecule has 21 heavy (non-hydrogen) atoms. The molecule has 1 fully saturated rings. The standard InChI is InChI=1S/C19H26N2/c1-2-21(18-12-10-17(20)11-13-18)14-16-8-5-7-15-6-3-4-9-19(15)16/h3-9,17-18H,2,10-14,20H2,1H3. The lowest BCUT2D eigenvalue weighted by atomic mass is 9.90. The number of hydrogen-bond donors (Lipinski definition) is 1. The van der Waals surface area contributed by atoms with Crippen LogP contribution in [0.15, 0.2) is 42.5 Å². The van der Waals surface area contributed by atoms with E-state index < -0.39 is 0 Å². The fourth-order valence-corrected chi connectivity index (χ4v) is 3.62. The predicted octanol–water partition coefficient (Wildman–Crippen LogP) is 3.93. The Morgan fingerprint density at radius 1 is 1.00 bits per heavy atom. The number of hydrogen-bond acceptors (Lipinski definition) is 2. The summed E-state index contributed by atoms with van der Waals surface area (Å²) in [6.07, 6.45) is 4.85. The van der Waals surface area contributed by atoms with E-state index >= 15 is 0 Å². The van der Waals surface area contributed by atoms with E-state index in [-0.39, 0.29) is 0 Å². The minimum atomic E-state index is 0.428. The first-order valence-corrected chi connectivity index (χ1v) is 8.24. The summed E-state index contributed by atoms with van der Waals surface area (Å²) in [7, 11) is 0. The van der Waals surface area contributed by atoms with E-state index in [1.165, 1.54) is 42.0 Å². The molecule has 0 aliphatic heterocycles. The van der Waals surface area contributed by atoms with Crippen LogP contribution in [0.1, 0.15) is 38.2 Å². The number of fused-ring (bicyclic) bond motifs is 1. The van der Waals surface area contributed by atoms with Crippen LogP contribution in [0.2, 0.25) is 0 Å². The Morgan fingerprint density at radius 2 is 1.71 bits per heavy atom. The second-order valence-electron chi connectivity index (χ2n) is 6.27. The third-order valence-corrected chi connectivity index (χ3v) is 4.92. The maximum atomic E-state index is 6.05. The molecular formula is C19H26N2. The van der Waals surface area contributed by atoms with Gasteiger partial charge in [0.1, 0.15) is 0 Å². The summed E-state index contributed by atoms with van der Waals surface area (Å²) in [4.78, 5) is 2.63. The SMILES string of the molecule is CCN(Cc1cccc2ccccc12)C1CCC(N)CC1. The van der Waals surface area contributed by atoms with Crippen LogP contribution in [-0.2, 0) is 6.54 Å². The van der Waals surface area contributed by atoms with E-state index in [4.69, 9.17) is 5.73 Å². The molecule has 0 atom stereocenters. The summed E-state index contributed by atoms with van der Waals surface area (Å²) in [5.41, 5.74) is 7.50. The normalized spacial score (nSPS) is 22.8. The molecule has 0 heterocycles. The van der Waals surface area contributed by atoms with Crippen molar-refractivity contribution in [2.24, 2.45) is 5.73 Å². The Morgan fingerprint density at radius 3 is 2.48 bits per heavy atom. The quantitative estimate of drug-likeness (QED) is 0.920. The highest BCUT2D eigenvalue weighted by Crippen LogP contribution is 2.26. The number of rotatable bonds is 4. The van der Waals surface area contributed by atoms with Crippen molar-refractivity contribution in [1.29, 1.82) is 0 Å². The minimum absolute atomic E-state index is 0.428. The second kappa shape index (κ2) is 6.59. The van der Waals surface area contributed by atoms with Gasteiger partial charge >= 0.3 is 0 Å². The second-order valence-corrected chi connectivity index (χ2v) is 6.27. The summed E-state index contributed by atoms with van der Waals surface area (Å²) >= 11 is 0. The Balaban J connectivity index is 1.79. The van der Waals surface area contributed by atoms with Crippen molar-refractivity contribution in [3.8, 4) is 0 Å². The van der Waals surface area contributed by atoms with E-state index in [0.29, 0.717) is 12.1 Å². The molecule has 112 valence electrons. The molecule has 0 amide bonds. The van der Waals surface area contributed by atoms with E-state index in [2.05, 4.69) is 54.3 Å². The lowest BCUT2D eigenvalue weighted by molar-refractivity contribution is 0.150. The molecule has 0 saturated heterocycles. The average molecular weight is 282 g/mol. The molecule has 1 saturated carbocycles.